The molecule has 0 aromatic heterocycles. The number of carbonyl (C=O) groups excluding carboxylic acids is 1. The maximum Gasteiger partial charge on any atom is 0.230 e. The number of rotatable bonds is 2. The number of benzene rings is 1. The van der Waals surface area contributed by atoms with Gasteiger partial charge in [-0.25, -0.2) is 4.39 Å². The lowest BCUT2D eigenvalue weighted by atomic mass is 9.78. The molecule has 0 radical (unpaired) electrons. The van der Waals surface area contributed by atoms with E-state index in [-0.39, 0.29) is 29.3 Å². The highest BCUT2D eigenvalue weighted by atomic mass is 19.1. The number of carbonyl (C=O) groups is 1. The van der Waals surface area contributed by atoms with Gasteiger partial charge in [0.05, 0.1) is 11.5 Å². The van der Waals surface area contributed by atoms with Gasteiger partial charge in [-0.3, -0.25) is 4.79 Å². The number of hydrogen-bond donors (Lipinski definition) is 1. The summed E-state index contributed by atoms with van der Waals surface area (Å²) in [4.78, 5) is 17.7. The van der Waals surface area contributed by atoms with Crippen LogP contribution in [0.2, 0.25) is 0 Å². The molecule has 1 aromatic carbocycles. The molecule has 1 spiro atoms. The normalized spacial score (nSPS) is 32.5. The quantitative estimate of drug-likeness (QED) is 0.880. The van der Waals surface area contributed by atoms with Crippen LogP contribution in [-0.2, 0) is 4.79 Å². The van der Waals surface area contributed by atoms with Gasteiger partial charge in [-0.1, -0.05) is 6.07 Å². The number of aliphatic hydroxyl groups excluding tert-OH is 1. The second-order valence-corrected chi connectivity index (χ2v) is 8.45. The molecule has 26 heavy (non-hydrogen) atoms. The van der Waals surface area contributed by atoms with E-state index in [1.54, 1.807) is 6.07 Å². The highest BCUT2D eigenvalue weighted by molar-refractivity contribution is 5.86. The van der Waals surface area contributed by atoms with E-state index in [4.69, 9.17) is 0 Å². The second kappa shape index (κ2) is 6.84. The van der Waals surface area contributed by atoms with Gasteiger partial charge >= 0.3 is 0 Å². The summed E-state index contributed by atoms with van der Waals surface area (Å²) >= 11 is 0. The molecule has 2 saturated heterocycles. The molecule has 1 atom stereocenters. The van der Waals surface area contributed by atoms with Crippen molar-refractivity contribution >= 4 is 11.6 Å². The Hall–Kier alpha value is -1.62. The third kappa shape index (κ3) is 3.11. The summed E-state index contributed by atoms with van der Waals surface area (Å²) in [6.45, 7) is 4.42. The van der Waals surface area contributed by atoms with Crippen molar-refractivity contribution in [2.24, 2.45) is 5.41 Å². The molecule has 1 saturated carbocycles. The van der Waals surface area contributed by atoms with Crippen LogP contribution in [0.15, 0.2) is 18.2 Å². The lowest BCUT2D eigenvalue weighted by Gasteiger charge is -2.42. The minimum absolute atomic E-state index is 0.195. The first-order chi connectivity index (χ1) is 12.5. The van der Waals surface area contributed by atoms with Gasteiger partial charge in [0.15, 0.2) is 0 Å². The van der Waals surface area contributed by atoms with Crippen molar-refractivity contribution in [3.05, 3.63) is 29.6 Å². The van der Waals surface area contributed by atoms with Crippen molar-refractivity contribution < 1.29 is 14.3 Å². The summed E-state index contributed by atoms with van der Waals surface area (Å²) in [5.74, 6) is 0.0722. The third-order valence-electron chi connectivity index (χ3n) is 6.74. The smallest absolute Gasteiger partial charge is 0.230 e. The Labute approximate surface area is 155 Å². The van der Waals surface area contributed by atoms with Gasteiger partial charge in [-0.05, 0) is 69.6 Å². The molecule has 4 rings (SSSR count). The van der Waals surface area contributed by atoms with Gasteiger partial charge in [0.2, 0.25) is 5.91 Å². The molecule has 2 aliphatic heterocycles. The van der Waals surface area contributed by atoms with Crippen molar-refractivity contribution in [1.29, 1.82) is 0 Å². The predicted octanol–water partition coefficient (Wildman–Crippen LogP) is 3.26. The Morgan fingerprint density at radius 1 is 1.15 bits per heavy atom. The average molecular weight is 360 g/mol. The first-order valence-electron chi connectivity index (χ1n) is 9.99. The lowest BCUT2D eigenvalue weighted by molar-refractivity contribution is -0.139. The molecule has 3 aliphatic rings. The predicted molar refractivity (Wildman–Crippen MR) is 99.6 cm³/mol. The van der Waals surface area contributed by atoms with Crippen LogP contribution in [0.1, 0.15) is 50.5 Å². The summed E-state index contributed by atoms with van der Waals surface area (Å²) in [6.07, 6.45) is 6.04. The minimum atomic E-state index is -0.312. The fraction of sp³-hybridized carbons (Fsp3) is 0.667. The molecule has 0 unspecified atom stereocenters. The third-order valence-corrected chi connectivity index (χ3v) is 6.74. The van der Waals surface area contributed by atoms with Gasteiger partial charge in [0.25, 0.3) is 0 Å². The number of piperidine rings is 1. The SMILES string of the molecule is Cc1ccc(F)cc1N1CCC[C@]2(CCN(C3CCC(O)CC3)C2=O)C1. The molecule has 1 amide bonds. The van der Waals surface area contributed by atoms with Crippen LogP contribution in [0, 0.1) is 18.2 Å². The Morgan fingerprint density at radius 2 is 1.92 bits per heavy atom. The summed E-state index contributed by atoms with van der Waals surface area (Å²) in [5, 5.41) is 9.75. The minimum Gasteiger partial charge on any atom is -0.393 e. The van der Waals surface area contributed by atoms with E-state index in [2.05, 4.69) is 9.80 Å². The number of halogens is 1. The molecule has 4 nitrogen and oxygen atoms in total. The number of anilines is 1. The van der Waals surface area contributed by atoms with E-state index in [9.17, 15) is 14.3 Å². The van der Waals surface area contributed by atoms with E-state index in [1.165, 1.54) is 6.07 Å². The van der Waals surface area contributed by atoms with E-state index in [1.807, 2.05) is 13.0 Å². The fourth-order valence-corrected chi connectivity index (χ4v) is 5.21. The number of nitrogens with zero attached hydrogens (tertiary/aromatic N) is 2. The first kappa shape index (κ1) is 17.8. The summed E-state index contributed by atoms with van der Waals surface area (Å²) in [7, 11) is 0. The van der Waals surface area contributed by atoms with E-state index in [0.29, 0.717) is 6.54 Å². The van der Waals surface area contributed by atoms with Crippen molar-refractivity contribution in [1.82, 2.24) is 4.90 Å². The monoisotopic (exact) mass is 360 g/mol. The van der Waals surface area contributed by atoms with Crippen LogP contribution >= 0.6 is 0 Å². The number of aryl methyl sites for hydroxylation is 1. The van der Waals surface area contributed by atoms with Gasteiger partial charge in [-0.15, -0.1) is 0 Å². The molecular formula is C21H29FN2O2. The zero-order chi connectivity index (χ0) is 18.3. The van der Waals surface area contributed by atoms with E-state index >= 15 is 0 Å². The largest absolute Gasteiger partial charge is 0.393 e. The molecule has 1 aromatic rings. The number of hydrogen-bond acceptors (Lipinski definition) is 3. The molecule has 0 bridgehead atoms. The van der Waals surface area contributed by atoms with E-state index < -0.39 is 0 Å². The molecular weight excluding hydrogens is 331 g/mol. The Bertz CT molecular complexity index is 687. The second-order valence-electron chi connectivity index (χ2n) is 8.45. The molecule has 1 aliphatic carbocycles. The maximum absolute atomic E-state index is 13.8. The number of likely N-dealkylation sites (tertiary alicyclic amines) is 1. The van der Waals surface area contributed by atoms with Crippen LogP contribution in [-0.4, -0.2) is 47.7 Å². The average Bonchev–Trinajstić information content (AvgIpc) is 2.94. The zero-order valence-electron chi connectivity index (χ0n) is 15.6. The number of amides is 1. The van der Waals surface area contributed by atoms with Gasteiger partial charge in [-0.2, -0.15) is 0 Å². The van der Waals surface area contributed by atoms with Crippen LogP contribution in [0.5, 0.6) is 0 Å². The number of aliphatic hydroxyl groups is 1. The summed E-state index contributed by atoms with van der Waals surface area (Å²) in [6, 6.07) is 5.21. The molecule has 3 fully saturated rings. The van der Waals surface area contributed by atoms with Crippen LogP contribution in [0.3, 0.4) is 0 Å². The standard InChI is InChI=1S/C21H29FN2O2/c1-15-3-4-16(22)13-19(15)23-11-2-9-21(14-23)10-12-24(20(21)26)17-5-7-18(25)8-6-17/h3-4,13,17-18,25H,2,5-12,14H2,1H3/t17?,18?,21-/m0/s1. The van der Waals surface area contributed by atoms with Crippen molar-refractivity contribution in [2.45, 2.75) is 64.0 Å². The summed E-state index contributed by atoms with van der Waals surface area (Å²) < 4.78 is 13.8. The van der Waals surface area contributed by atoms with Gasteiger partial charge < -0.3 is 14.9 Å². The molecule has 5 heteroatoms. The van der Waals surface area contributed by atoms with Gasteiger partial charge in [0.1, 0.15) is 5.82 Å². The van der Waals surface area contributed by atoms with Gasteiger partial charge in [0, 0.05) is 31.4 Å². The Morgan fingerprint density at radius 3 is 2.69 bits per heavy atom. The van der Waals surface area contributed by atoms with Crippen molar-refractivity contribution in [3.63, 3.8) is 0 Å². The van der Waals surface area contributed by atoms with E-state index in [0.717, 1.165) is 69.3 Å². The first-order valence-corrected chi connectivity index (χ1v) is 9.99. The van der Waals surface area contributed by atoms with Crippen LogP contribution in [0.4, 0.5) is 10.1 Å². The molecule has 1 N–H and O–H groups in total. The maximum atomic E-state index is 13.8. The highest BCUT2D eigenvalue weighted by Crippen LogP contribution is 2.43. The van der Waals surface area contributed by atoms with Crippen LogP contribution in [0.25, 0.3) is 0 Å². The molecule has 142 valence electrons. The Kier molecular flexibility index (Phi) is 4.68. The highest BCUT2D eigenvalue weighted by Gasteiger charge is 2.50. The van der Waals surface area contributed by atoms with Crippen LogP contribution < -0.4 is 4.90 Å². The topological polar surface area (TPSA) is 43.8 Å². The van der Waals surface area contributed by atoms with Crippen molar-refractivity contribution in [2.75, 3.05) is 24.5 Å². The lowest BCUT2D eigenvalue weighted by Crippen LogP contribution is -2.50. The van der Waals surface area contributed by atoms with Crippen molar-refractivity contribution in [3.8, 4) is 0 Å². The molecule has 2 heterocycles. The zero-order valence-corrected chi connectivity index (χ0v) is 15.6. The Balaban J connectivity index is 1.51. The summed E-state index contributed by atoms with van der Waals surface area (Å²) in [5.41, 5.74) is 1.68. The fourth-order valence-electron chi connectivity index (χ4n) is 5.21.